The highest BCUT2D eigenvalue weighted by atomic mass is 79.9. The molecule has 1 aromatic heterocycles. The van der Waals surface area contributed by atoms with Crippen LogP contribution in [0, 0.1) is 12.7 Å². The third kappa shape index (κ3) is 3.84. The summed E-state index contributed by atoms with van der Waals surface area (Å²) in [4.78, 5) is 1.23. The van der Waals surface area contributed by atoms with Crippen LogP contribution in [-0.2, 0) is 0 Å². The summed E-state index contributed by atoms with van der Waals surface area (Å²) in [6.07, 6.45) is 1.03. The average Bonchev–Trinajstić information content (AvgIpc) is 2.78. The van der Waals surface area contributed by atoms with Crippen molar-refractivity contribution in [2.75, 3.05) is 13.7 Å². The molecule has 1 unspecified atom stereocenters. The summed E-state index contributed by atoms with van der Waals surface area (Å²) in [7, 11) is 1.48. The molecule has 5 heteroatoms. The molecule has 2 nitrogen and oxygen atoms in total. The summed E-state index contributed by atoms with van der Waals surface area (Å²) in [5.41, 5.74) is 2.10. The van der Waals surface area contributed by atoms with Gasteiger partial charge in [0.05, 0.1) is 16.9 Å². The van der Waals surface area contributed by atoms with Crippen LogP contribution in [0.3, 0.4) is 0 Å². The molecule has 0 spiro atoms. The zero-order valence-corrected chi connectivity index (χ0v) is 14.8. The van der Waals surface area contributed by atoms with Crippen LogP contribution in [0.15, 0.2) is 28.1 Å². The van der Waals surface area contributed by atoms with Crippen molar-refractivity contribution in [1.82, 2.24) is 5.32 Å². The van der Waals surface area contributed by atoms with Crippen molar-refractivity contribution < 1.29 is 9.13 Å². The molecule has 1 atom stereocenters. The minimum Gasteiger partial charge on any atom is -0.494 e. The molecule has 0 saturated carbocycles. The molecule has 0 aliphatic rings. The number of nitrogens with one attached hydrogen (secondary N) is 1. The van der Waals surface area contributed by atoms with E-state index in [2.05, 4.69) is 41.2 Å². The summed E-state index contributed by atoms with van der Waals surface area (Å²) in [6.45, 7) is 5.09. The fraction of sp³-hybridized carbons (Fsp3) is 0.375. The number of benzene rings is 1. The van der Waals surface area contributed by atoms with Gasteiger partial charge in [0, 0.05) is 4.88 Å². The van der Waals surface area contributed by atoms with Crippen LogP contribution < -0.4 is 10.1 Å². The molecule has 0 saturated heterocycles. The van der Waals surface area contributed by atoms with Gasteiger partial charge in [-0.05, 0) is 65.1 Å². The van der Waals surface area contributed by atoms with E-state index >= 15 is 0 Å². The SMILES string of the molecule is CCCNC(c1ccc(OC)c(F)c1)c1cc(Br)sc1C. The Hall–Kier alpha value is -0.910. The lowest BCUT2D eigenvalue weighted by Crippen LogP contribution is -2.23. The Kier molecular flexibility index (Phi) is 5.79. The molecule has 0 bridgehead atoms. The van der Waals surface area contributed by atoms with Crippen molar-refractivity contribution in [3.05, 3.63) is 49.9 Å². The van der Waals surface area contributed by atoms with E-state index in [0.717, 1.165) is 22.3 Å². The van der Waals surface area contributed by atoms with Crippen molar-refractivity contribution in [1.29, 1.82) is 0 Å². The van der Waals surface area contributed by atoms with Gasteiger partial charge < -0.3 is 10.1 Å². The van der Waals surface area contributed by atoms with E-state index in [1.54, 1.807) is 23.5 Å². The lowest BCUT2D eigenvalue weighted by atomic mass is 9.99. The number of methoxy groups -OCH3 is 1. The van der Waals surface area contributed by atoms with Crippen LogP contribution in [0.4, 0.5) is 4.39 Å². The van der Waals surface area contributed by atoms with E-state index in [1.807, 2.05) is 6.07 Å². The molecule has 21 heavy (non-hydrogen) atoms. The first-order chi connectivity index (χ1) is 10.1. The minimum atomic E-state index is -0.328. The van der Waals surface area contributed by atoms with Crippen LogP contribution in [0.25, 0.3) is 0 Å². The number of ether oxygens (including phenoxy) is 1. The van der Waals surface area contributed by atoms with E-state index < -0.39 is 0 Å². The summed E-state index contributed by atoms with van der Waals surface area (Å²) in [5, 5.41) is 3.50. The van der Waals surface area contributed by atoms with Crippen molar-refractivity contribution in [3.63, 3.8) is 0 Å². The van der Waals surface area contributed by atoms with Crippen LogP contribution in [-0.4, -0.2) is 13.7 Å². The van der Waals surface area contributed by atoms with Crippen LogP contribution in [0.1, 0.15) is 35.4 Å². The quantitative estimate of drug-likeness (QED) is 0.766. The highest BCUT2D eigenvalue weighted by molar-refractivity contribution is 9.11. The van der Waals surface area contributed by atoms with Gasteiger partial charge in [0.15, 0.2) is 11.6 Å². The fourth-order valence-corrected chi connectivity index (χ4v) is 4.05. The highest BCUT2D eigenvalue weighted by Crippen LogP contribution is 2.34. The van der Waals surface area contributed by atoms with Crippen molar-refractivity contribution in [2.24, 2.45) is 0 Å². The number of thiophene rings is 1. The lowest BCUT2D eigenvalue weighted by molar-refractivity contribution is 0.385. The van der Waals surface area contributed by atoms with Gasteiger partial charge in [-0.1, -0.05) is 13.0 Å². The van der Waals surface area contributed by atoms with Crippen molar-refractivity contribution in [3.8, 4) is 5.75 Å². The second-order valence-electron chi connectivity index (χ2n) is 4.84. The second kappa shape index (κ2) is 7.38. The Morgan fingerprint density at radius 1 is 1.38 bits per heavy atom. The maximum Gasteiger partial charge on any atom is 0.165 e. The molecular weight excluding hydrogens is 353 g/mol. The topological polar surface area (TPSA) is 21.3 Å². The smallest absolute Gasteiger partial charge is 0.165 e. The fourth-order valence-electron chi connectivity index (χ4n) is 2.30. The third-order valence-electron chi connectivity index (χ3n) is 3.34. The Morgan fingerprint density at radius 3 is 2.67 bits per heavy atom. The Labute approximate surface area is 137 Å². The molecule has 1 heterocycles. The van der Waals surface area contributed by atoms with E-state index in [1.165, 1.54) is 17.6 Å². The molecule has 0 amide bonds. The first-order valence-electron chi connectivity index (χ1n) is 6.89. The second-order valence-corrected chi connectivity index (χ2v) is 7.48. The zero-order valence-electron chi connectivity index (χ0n) is 12.4. The maximum absolute atomic E-state index is 14.0. The first kappa shape index (κ1) is 16.5. The molecule has 0 radical (unpaired) electrons. The van der Waals surface area contributed by atoms with E-state index in [4.69, 9.17) is 4.74 Å². The van der Waals surface area contributed by atoms with Gasteiger partial charge in [-0.2, -0.15) is 0 Å². The van der Waals surface area contributed by atoms with Gasteiger partial charge in [-0.15, -0.1) is 11.3 Å². The predicted octanol–water partition coefficient (Wildman–Crippen LogP) is 5.06. The largest absolute Gasteiger partial charge is 0.494 e. The molecule has 0 aliphatic heterocycles. The molecule has 2 aromatic rings. The zero-order chi connectivity index (χ0) is 15.4. The predicted molar refractivity (Wildman–Crippen MR) is 89.8 cm³/mol. The first-order valence-corrected chi connectivity index (χ1v) is 8.50. The Morgan fingerprint density at radius 2 is 2.14 bits per heavy atom. The van der Waals surface area contributed by atoms with Crippen molar-refractivity contribution in [2.45, 2.75) is 26.3 Å². The number of rotatable bonds is 6. The highest BCUT2D eigenvalue weighted by Gasteiger charge is 2.19. The van der Waals surface area contributed by atoms with Gasteiger partial charge >= 0.3 is 0 Å². The van der Waals surface area contributed by atoms with Gasteiger partial charge in [-0.25, -0.2) is 4.39 Å². The molecule has 0 fully saturated rings. The van der Waals surface area contributed by atoms with E-state index in [-0.39, 0.29) is 17.6 Å². The maximum atomic E-state index is 14.0. The van der Waals surface area contributed by atoms with Crippen LogP contribution in [0.2, 0.25) is 0 Å². The normalized spacial score (nSPS) is 12.4. The molecular formula is C16H19BrFNOS. The summed E-state index contributed by atoms with van der Waals surface area (Å²) < 4.78 is 20.1. The third-order valence-corrected chi connectivity index (χ3v) is 4.91. The molecule has 1 N–H and O–H groups in total. The van der Waals surface area contributed by atoms with Crippen LogP contribution >= 0.6 is 27.3 Å². The summed E-state index contributed by atoms with van der Waals surface area (Å²) in [5.74, 6) is -0.0542. The van der Waals surface area contributed by atoms with Gasteiger partial charge in [-0.3, -0.25) is 0 Å². The minimum absolute atomic E-state index is 0.00657. The van der Waals surface area contributed by atoms with E-state index in [9.17, 15) is 4.39 Å². The monoisotopic (exact) mass is 371 g/mol. The molecule has 0 aliphatic carbocycles. The lowest BCUT2D eigenvalue weighted by Gasteiger charge is -2.20. The van der Waals surface area contributed by atoms with Gasteiger partial charge in [0.25, 0.3) is 0 Å². The van der Waals surface area contributed by atoms with E-state index in [0.29, 0.717) is 0 Å². The van der Waals surface area contributed by atoms with Gasteiger partial charge in [0.1, 0.15) is 0 Å². The van der Waals surface area contributed by atoms with Crippen molar-refractivity contribution >= 4 is 27.3 Å². The Bertz CT molecular complexity index is 614. The number of halogens is 2. The molecule has 114 valence electrons. The average molecular weight is 372 g/mol. The number of hydrogen-bond donors (Lipinski definition) is 1. The standard InChI is InChI=1S/C16H19BrFNOS/c1-4-7-19-16(12-9-15(17)21-10(12)2)11-5-6-14(20-3)13(18)8-11/h5-6,8-9,16,19H,4,7H2,1-3H3. The Balaban J connectivity index is 2.40. The summed E-state index contributed by atoms with van der Waals surface area (Å²) in [6, 6.07) is 7.25. The molecule has 1 aromatic carbocycles. The summed E-state index contributed by atoms with van der Waals surface area (Å²) >= 11 is 5.22. The number of hydrogen-bond acceptors (Lipinski definition) is 3. The number of aryl methyl sites for hydroxylation is 1. The van der Waals surface area contributed by atoms with Crippen LogP contribution in [0.5, 0.6) is 5.75 Å². The molecule has 2 rings (SSSR count). The van der Waals surface area contributed by atoms with Gasteiger partial charge in [0.2, 0.25) is 0 Å².